The number of rotatable bonds is 1. The first-order chi connectivity index (χ1) is 8.65. The molecule has 3 rings (SSSR count). The second-order valence-electron chi connectivity index (χ2n) is 4.27. The number of halogens is 1. The van der Waals surface area contributed by atoms with Gasteiger partial charge < -0.3 is 9.52 Å². The van der Waals surface area contributed by atoms with E-state index in [1.54, 1.807) is 0 Å². The van der Waals surface area contributed by atoms with E-state index in [1.807, 2.05) is 43.4 Å². The molecule has 1 heterocycles. The van der Waals surface area contributed by atoms with Gasteiger partial charge in [0.05, 0.1) is 0 Å². The first-order valence-electron chi connectivity index (χ1n) is 5.63. The van der Waals surface area contributed by atoms with Gasteiger partial charge in [0, 0.05) is 14.5 Å². The maximum absolute atomic E-state index is 10.2. The summed E-state index contributed by atoms with van der Waals surface area (Å²) in [4.78, 5) is 0. The summed E-state index contributed by atoms with van der Waals surface area (Å²) in [6, 6.07) is 6.00. The second-order valence-corrected chi connectivity index (χ2v) is 5.52. The zero-order valence-corrected chi connectivity index (χ0v) is 11.9. The highest BCUT2D eigenvalue weighted by Crippen LogP contribution is 2.30. The molecule has 0 bridgehead atoms. The highest BCUT2D eigenvalue weighted by atomic mass is 127. The smallest absolute Gasteiger partial charge is 0.170 e. The Morgan fingerprint density at radius 2 is 1.89 bits per heavy atom. The van der Waals surface area contributed by atoms with Gasteiger partial charge in [0.25, 0.3) is 0 Å². The Morgan fingerprint density at radius 1 is 1.17 bits per heavy atom. The van der Waals surface area contributed by atoms with Crippen LogP contribution in [0.4, 0.5) is 0 Å². The Balaban J connectivity index is 2.20. The zero-order valence-electron chi connectivity index (χ0n) is 9.77. The van der Waals surface area contributed by atoms with E-state index in [-0.39, 0.29) is 5.76 Å². The van der Waals surface area contributed by atoms with E-state index in [2.05, 4.69) is 28.7 Å². The lowest BCUT2D eigenvalue weighted by Crippen LogP contribution is -1.82. The Morgan fingerprint density at radius 3 is 2.61 bits per heavy atom. The van der Waals surface area contributed by atoms with Gasteiger partial charge in [0.15, 0.2) is 11.5 Å². The second kappa shape index (κ2) is 4.31. The molecule has 2 aromatic rings. The Hall–Kier alpha value is -1.49. The molecule has 0 unspecified atom stereocenters. The van der Waals surface area contributed by atoms with Gasteiger partial charge in [-0.15, -0.1) is 0 Å². The Bertz CT molecular complexity index is 703. The summed E-state index contributed by atoms with van der Waals surface area (Å²) in [5, 5.41) is 11.2. The molecule has 0 saturated carbocycles. The van der Waals surface area contributed by atoms with Crippen molar-refractivity contribution in [3.8, 4) is 0 Å². The van der Waals surface area contributed by atoms with Crippen LogP contribution in [0.1, 0.15) is 11.3 Å². The highest BCUT2D eigenvalue weighted by Gasteiger charge is 2.13. The molecule has 18 heavy (non-hydrogen) atoms. The van der Waals surface area contributed by atoms with E-state index in [0.717, 1.165) is 25.7 Å². The van der Waals surface area contributed by atoms with Crippen LogP contribution in [0.5, 0.6) is 0 Å². The number of aliphatic hydroxyl groups excluding tert-OH is 1. The summed E-state index contributed by atoms with van der Waals surface area (Å²) >= 11 is 2.28. The minimum atomic E-state index is 0.186. The molecule has 1 aliphatic carbocycles. The summed E-state index contributed by atoms with van der Waals surface area (Å²) < 4.78 is 6.91. The average molecular weight is 350 g/mol. The third kappa shape index (κ3) is 1.88. The maximum Gasteiger partial charge on any atom is 0.170 e. The minimum absolute atomic E-state index is 0.186. The molecule has 0 amide bonds. The molecular formula is C15H11IO2. The van der Waals surface area contributed by atoms with E-state index < -0.39 is 0 Å². The summed E-state index contributed by atoms with van der Waals surface area (Å²) in [5.74, 6) is 0.701. The molecule has 1 N–H and O–H groups in total. The van der Waals surface area contributed by atoms with Crippen LogP contribution in [0.15, 0.2) is 52.5 Å². The van der Waals surface area contributed by atoms with Crippen LogP contribution in [0.2, 0.25) is 0 Å². The predicted molar refractivity (Wildman–Crippen MR) is 81.5 cm³/mol. The van der Waals surface area contributed by atoms with Gasteiger partial charge in [-0.05, 0) is 53.3 Å². The lowest BCUT2D eigenvalue weighted by Gasteiger charge is -1.97. The van der Waals surface area contributed by atoms with Crippen LogP contribution in [-0.4, -0.2) is 5.11 Å². The molecule has 0 radical (unpaired) electrons. The number of furan rings is 1. The van der Waals surface area contributed by atoms with Crippen molar-refractivity contribution >= 4 is 39.3 Å². The van der Waals surface area contributed by atoms with Crippen molar-refractivity contribution in [3.63, 3.8) is 0 Å². The number of aliphatic hydroxyl groups is 1. The van der Waals surface area contributed by atoms with Crippen LogP contribution < -0.4 is 0 Å². The first-order valence-corrected chi connectivity index (χ1v) is 6.71. The van der Waals surface area contributed by atoms with Crippen LogP contribution in [0.25, 0.3) is 16.7 Å². The molecule has 90 valence electrons. The molecule has 1 aromatic carbocycles. The van der Waals surface area contributed by atoms with E-state index in [0.29, 0.717) is 5.76 Å². The van der Waals surface area contributed by atoms with Crippen molar-refractivity contribution in [2.24, 2.45) is 0 Å². The van der Waals surface area contributed by atoms with Gasteiger partial charge in [-0.3, -0.25) is 0 Å². The third-order valence-electron chi connectivity index (χ3n) is 2.94. The van der Waals surface area contributed by atoms with Gasteiger partial charge in [-0.25, -0.2) is 0 Å². The SMILES string of the molecule is Cc1cc(I)cc2cc(C(O)=C3C=CC=C3)oc12. The molecule has 0 spiro atoms. The fraction of sp³-hybridized carbons (Fsp3) is 0.0667. The van der Waals surface area contributed by atoms with Crippen LogP contribution in [0.3, 0.4) is 0 Å². The van der Waals surface area contributed by atoms with E-state index in [9.17, 15) is 5.11 Å². The van der Waals surface area contributed by atoms with Gasteiger partial charge in [-0.2, -0.15) is 0 Å². The van der Waals surface area contributed by atoms with E-state index in [4.69, 9.17) is 4.42 Å². The van der Waals surface area contributed by atoms with Crippen LogP contribution in [0, 0.1) is 10.5 Å². The largest absolute Gasteiger partial charge is 0.504 e. The number of hydrogen-bond acceptors (Lipinski definition) is 2. The lowest BCUT2D eigenvalue weighted by atomic mass is 10.1. The summed E-state index contributed by atoms with van der Waals surface area (Å²) in [6.45, 7) is 2.01. The minimum Gasteiger partial charge on any atom is -0.504 e. The molecule has 0 saturated heterocycles. The van der Waals surface area contributed by atoms with Gasteiger partial charge in [0.2, 0.25) is 0 Å². The number of benzene rings is 1. The van der Waals surface area contributed by atoms with Crippen LogP contribution in [-0.2, 0) is 0 Å². The molecule has 1 aliphatic rings. The van der Waals surface area contributed by atoms with Gasteiger partial charge in [-0.1, -0.05) is 24.3 Å². The molecular weight excluding hydrogens is 339 g/mol. The third-order valence-corrected chi connectivity index (χ3v) is 3.56. The van der Waals surface area contributed by atoms with E-state index >= 15 is 0 Å². The molecule has 0 atom stereocenters. The number of hydrogen-bond donors (Lipinski definition) is 1. The molecule has 3 heteroatoms. The van der Waals surface area contributed by atoms with Crippen LogP contribution >= 0.6 is 22.6 Å². The van der Waals surface area contributed by atoms with Crippen molar-refractivity contribution in [1.82, 2.24) is 0 Å². The fourth-order valence-corrected chi connectivity index (χ4v) is 2.88. The van der Waals surface area contributed by atoms with Crippen molar-refractivity contribution in [2.75, 3.05) is 0 Å². The first kappa shape index (κ1) is 11.6. The van der Waals surface area contributed by atoms with Crippen molar-refractivity contribution in [3.05, 3.63) is 63.0 Å². The standard InChI is InChI=1S/C15H11IO2/c1-9-6-12(16)7-11-8-13(18-15(9)11)14(17)10-4-2-3-5-10/h2-8,17H,1H3. The van der Waals surface area contributed by atoms with E-state index in [1.165, 1.54) is 0 Å². The molecule has 2 nitrogen and oxygen atoms in total. The number of allylic oxidation sites excluding steroid dienone is 5. The molecule has 0 aliphatic heterocycles. The summed E-state index contributed by atoms with van der Waals surface area (Å²) in [5.41, 5.74) is 2.70. The monoisotopic (exact) mass is 350 g/mol. The zero-order chi connectivity index (χ0) is 12.7. The van der Waals surface area contributed by atoms with Crippen molar-refractivity contribution in [1.29, 1.82) is 0 Å². The Labute approximate surface area is 118 Å². The summed E-state index contributed by atoms with van der Waals surface area (Å²) in [7, 11) is 0. The lowest BCUT2D eigenvalue weighted by molar-refractivity contribution is 0.469. The predicted octanol–water partition coefficient (Wildman–Crippen LogP) is 4.74. The summed E-state index contributed by atoms with van der Waals surface area (Å²) in [6.07, 6.45) is 7.50. The van der Waals surface area contributed by atoms with Gasteiger partial charge >= 0.3 is 0 Å². The average Bonchev–Trinajstić information content (AvgIpc) is 2.96. The normalized spacial score (nSPS) is 13.8. The number of fused-ring (bicyclic) bond motifs is 1. The molecule has 0 fully saturated rings. The highest BCUT2D eigenvalue weighted by molar-refractivity contribution is 14.1. The quantitative estimate of drug-likeness (QED) is 0.595. The fourth-order valence-electron chi connectivity index (χ4n) is 2.07. The topological polar surface area (TPSA) is 33.4 Å². The maximum atomic E-state index is 10.2. The van der Waals surface area contributed by atoms with Crippen molar-refractivity contribution in [2.45, 2.75) is 6.92 Å². The number of aryl methyl sites for hydroxylation is 1. The van der Waals surface area contributed by atoms with Crippen molar-refractivity contribution < 1.29 is 9.52 Å². The molecule has 1 aromatic heterocycles. The van der Waals surface area contributed by atoms with Gasteiger partial charge in [0.1, 0.15) is 5.58 Å². The Kier molecular flexibility index (Phi) is 2.78.